The van der Waals surface area contributed by atoms with Crippen LogP contribution in [0, 0.1) is 0 Å². The third kappa shape index (κ3) is 4.76. The van der Waals surface area contributed by atoms with Gasteiger partial charge in [0.2, 0.25) is 0 Å². The number of piperazine rings is 1. The fraction of sp³-hybridized carbons (Fsp3) is 0.688. The second-order valence-corrected chi connectivity index (χ2v) is 5.62. The van der Waals surface area contributed by atoms with Gasteiger partial charge in [0, 0.05) is 38.4 Å². The van der Waals surface area contributed by atoms with Crippen LogP contribution in [0.5, 0.6) is 0 Å². The van der Waals surface area contributed by atoms with Crippen molar-refractivity contribution in [2.75, 3.05) is 44.2 Å². The minimum absolute atomic E-state index is 0.648. The molecular weight excluding hydrogens is 248 g/mol. The highest BCUT2D eigenvalue weighted by Gasteiger charge is 2.17. The monoisotopic (exact) mass is 276 g/mol. The van der Waals surface area contributed by atoms with E-state index >= 15 is 0 Å². The van der Waals surface area contributed by atoms with Crippen LogP contribution in [-0.4, -0.2) is 55.2 Å². The smallest absolute Gasteiger partial charge is 0.128 e. The van der Waals surface area contributed by atoms with Gasteiger partial charge in [-0.1, -0.05) is 13.0 Å². The van der Waals surface area contributed by atoms with E-state index in [1.54, 1.807) is 0 Å². The predicted octanol–water partition coefficient (Wildman–Crippen LogP) is 1.98. The highest BCUT2D eigenvalue weighted by Crippen LogP contribution is 2.12. The van der Waals surface area contributed by atoms with Crippen molar-refractivity contribution in [1.29, 1.82) is 0 Å². The van der Waals surface area contributed by atoms with Crippen LogP contribution in [0.15, 0.2) is 24.4 Å². The lowest BCUT2D eigenvalue weighted by molar-refractivity contribution is 0.249. The highest BCUT2D eigenvalue weighted by molar-refractivity contribution is 5.38. The summed E-state index contributed by atoms with van der Waals surface area (Å²) in [6.07, 6.45) is 4.44. The zero-order valence-corrected chi connectivity index (χ0v) is 12.9. The van der Waals surface area contributed by atoms with Crippen molar-refractivity contribution in [3.8, 4) is 0 Å². The summed E-state index contributed by atoms with van der Waals surface area (Å²) in [6, 6.07) is 6.80. The largest absolute Gasteiger partial charge is 0.354 e. The van der Waals surface area contributed by atoms with Crippen molar-refractivity contribution in [3.05, 3.63) is 24.4 Å². The van der Waals surface area contributed by atoms with Crippen LogP contribution in [0.25, 0.3) is 0 Å². The summed E-state index contributed by atoms with van der Waals surface area (Å²) < 4.78 is 0. The molecule has 1 aliphatic heterocycles. The number of aromatic nitrogens is 1. The molecule has 112 valence electrons. The first-order valence-electron chi connectivity index (χ1n) is 7.91. The molecule has 1 unspecified atom stereocenters. The first-order chi connectivity index (χ1) is 9.79. The third-order valence-electron chi connectivity index (χ3n) is 4.01. The fourth-order valence-electron chi connectivity index (χ4n) is 2.81. The summed E-state index contributed by atoms with van der Waals surface area (Å²) in [5.74, 6) is 1.12. The molecule has 1 aromatic rings. The Kier molecular flexibility index (Phi) is 6.27. The summed E-state index contributed by atoms with van der Waals surface area (Å²) in [7, 11) is 0. The van der Waals surface area contributed by atoms with Crippen LogP contribution in [-0.2, 0) is 0 Å². The van der Waals surface area contributed by atoms with Crippen molar-refractivity contribution >= 4 is 5.82 Å². The van der Waals surface area contributed by atoms with Crippen LogP contribution in [0.1, 0.15) is 26.7 Å². The molecule has 1 N–H and O–H groups in total. The standard InChI is InChI=1S/C16H28N4/c1-3-17-15(2)7-6-10-19-11-13-20(14-12-19)16-8-4-5-9-18-16/h4-5,8-9,15,17H,3,6-7,10-14H2,1-2H3. The average molecular weight is 276 g/mol. The van der Waals surface area contributed by atoms with Crippen LogP contribution < -0.4 is 10.2 Å². The van der Waals surface area contributed by atoms with E-state index in [-0.39, 0.29) is 0 Å². The maximum Gasteiger partial charge on any atom is 0.128 e. The Labute approximate surface area is 123 Å². The number of pyridine rings is 1. The van der Waals surface area contributed by atoms with Crippen molar-refractivity contribution in [1.82, 2.24) is 15.2 Å². The third-order valence-corrected chi connectivity index (χ3v) is 4.01. The van der Waals surface area contributed by atoms with Gasteiger partial charge in [0.05, 0.1) is 0 Å². The van der Waals surface area contributed by atoms with Gasteiger partial charge >= 0.3 is 0 Å². The van der Waals surface area contributed by atoms with Crippen LogP contribution in [0.3, 0.4) is 0 Å². The Morgan fingerprint density at radius 2 is 2.05 bits per heavy atom. The molecule has 1 atom stereocenters. The lowest BCUT2D eigenvalue weighted by Crippen LogP contribution is -2.47. The number of nitrogens with zero attached hydrogens (tertiary/aromatic N) is 3. The van der Waals surface area contributed by atoms with Crippen molar-refractivity contribution in [2.45, 2.75) is 32.7 Å². The summed E-state index contributed by atoms with van der Waals surface area (Å²) in [4.78, 5) is 9.40. The van der Waals surface area contributed by atoms with E-state index in [1.807, 2.05) is 12.3 Å². The molecule has 0 spiro atoms. The molecule has 1 fully saturated rings. The van der Waals surface area contributed by atoms with E-state index < -0.39 is 0 Å². The molecule has 4 heteroatoms. The molecule has 20 heavy (non-hydrogen) atoms. The number of anilines is 1. The molecule has 0 bridgehead atoms. The zero-order valence-electron chi connectivity index (χ0n) is 12.9. The first kappa shape index (κ1) is 15.3. The predicted molar refractivity (Wildman–Crippen MR) is 85.3 cm³/mol. The van der Waals surface area contributed by atoms with Gasteiger partial charge in [-0.3, -0.25) is 4.90 Å². The Bertz CT molecular complexity index is 360. The van der Waals surface area contributed by atoms with E-state index in [2.05, 4.69) is 46.1 Å². The highest BCUT2D eigenvalue weighted by atomic mass is 15.3. The summed E-state index contributed by atoms with van der Waals surface area (Å²) in [5.41, 5.74) is 0. The van der Waals surface area contributed by atoms with Gasteiger partial charge in [-0.05, 0) is 45.0 Å². The van der Waals surface area contributed by atoms with Crippen LogP contribution in [0.2, 0.25) is 0 Å². The molecule has 2 heterocycles. The van der Waals surface area contributed by atoms with E-state index in [0.29, 0.717) is 6.04 Å². The van der Waals surface area contributed by atoms with E-state index in [4.69, 9.17) is 0 Å². The second-order valence-electron chi connectivity index (χ2n) is 5.62. The average Bonchev–Trinajstić information content (AvgIpc) is 2.49. The zero-order chi connectivity index (χ0) is 14.2. The minimum Gasteiger partial charge on any atom is -0.354 e. The van der Waals surface area contributed by atoms with Gasteiger partial charge in [-0.25, -0.2) is 4.98 Å². The molecule has 2 rings (SSSR count). The molecule has 4 nitrogen and oxygen atoms in total. The number of hydrogen-bond acceptors (Lipinski definition) is 4. The lowest BCUT2D eigenvalue weighted by Gasteiger charge is -2.35. The number of hydrogen-bond donors (Lipinski definition) is 1. The molecule has 0 aromatic carbocycles. The van der Waals surface area contributed by atoms with Gasteiger partial charge in [-0.15, -0.1) is 0 Å². The molecule has 0 aliphatic carbocycles. The molecule has 1 aromatic heterocycles. The quantitative estimate of drug-likeness (QED) is 0.825. The van der Waals surface area contributed by atoms with Gasteiger partial charge in [0.25, 0.3) is 0 Å². The summed E-state index contributed by atoms with van der Waals surface area (Å²) in [6.45, 7) is 11.3. The van der Waals surface area contributed by atoms with Crippen molar-refractivity contribution < 1.29 is 0 Å². The first-order valence-corrected chi connectivity index (χ1v) is 7.91. The molecule has 1 saturated heterocycles. The number of rotatable bonds is 7. The van der Waals surface area contributed by atoms with Gasteiger partial charge in [-0.2, -0.15) is 0 Å². The maximum atomic E-state index is 4.43. The SMILES string of the molecule is CCNC(C)CCCN1CCN(c2ccccn2)CC1. The topological polar surface area (TPSA) is 31.4 Å². The minimum atomic E-state index is 0.648. The van der Waals surface area contributed by atoms with Gasteiger partial charge < -0.3 is 10.2 Å². The van der Waals surface area contributed by atoms with E-state index in [1.165, 1.54) is 19.4 Å². The Balaban J connectivity index is 1.65. The molecule has 1 aliphatic rings. The Morgan fingerprint density at radius 3 is 2.70 bits per heavy atom. The van der Waals surface area contributed by atoms with Gasteiger partial charge in [0.15, 0.2) is 0 Å². The van der Waals surface area contributed by atoms with Gasteiger partial charge in [0.1, 0.15) is 5.82 Å². The molecule has 0 amide bonds. The van der Waals surface area contributed by atoms with E-state index in [9.17, 15) is 0 Å². The Morgan fingerprint density at radius 1 is 1.25 bits per heavy atom. The van der Waals surface area contributed by atoms with Crippen molar-refractivity contribution in [2.24, 2.45) is 0 Å². The Hall–Kier alpha value is -1.13. The lowest BCUT2D eigenvalue weighted by atomic mass is 10.1. The van der Waals surface area contributed by atoms with Crippen LogP contribution in [0.4, 0.5) is 5.82 Å². The molecule has 0 saturated carbocycles. The fourth-order valence-corrected chi connectivity index (χ4v) is 2.81. The molecular formula is C16H28N4. The van der Waals surface area contributed by atoms with Crippen LogP contribution >= 0.6 is 0 Å². The normalized spacial score (nSPS) is 18.2. The molecule has 0 radical (unpaired) electrons. The maximum absolute atomic E-state index is 4.43. The summed E-state index contributed by atoms with van der Waals surface area (Å²) in [5, 5.41) is 3.48. The summed E-state index contributed by atoms with van der Waals surface area (Å²) >= 11 is 0. The number of nitrogens with one attached hydrogen (secondary N) is 1. The van der Waals surface area contributed by atoms with Crippen molar-refractivity contribution in [3.63, 3.8) is 0 Å². The second kappa shape index (κ2) is 8.22. The van der Waals surface area contributed by atoms with E-state index in [0.717, 1.165) is 38.5 Å².